The van der Waals surface area contributed by atoms with Crippen molar-refractivity contribution in [1.82, 2.24) is 5.32 Å². The molecule has 0 saturated carbocycles. The first kappa shape index (κ1) is 23.6. The number of carbonyl (C=O) groups excluding carboxylic acids is 1. The standard InChI is InChI=1S/C22H28N2O5S/c1-3-26-13-15-28-18-11-9-17(10-12-18)21(25)24-22(30)23-19-7-5-6-8-20(19)29-16-14-27-4-2/h5-12H,3-4,13-16H2,1-2H3,(H2,23,24,25,30). The number of para-hydroxylation sites is 2. The number of hydrogen-bond donors (Lipinski definition) is 2. The van der Waals surface area contributed by atoms with E-state index >= 15 is 0 Å². The molecule has 1 amide bonds. The highest BCUT2D eigenvalue weighted by Crippen LogP contribution is 2.23. The van der Waals surface area contributed by atoms with Crippen molar-refractivity contribution in [1.29, 1.82) is 0 Å². The highest BCUT2D eigenvalue weighted by atomic mass is 32.1. The van der Waals surface area contributed by atoms with Gasteiger partial charge in [0.2, 0.25) is 0 Å². The van der Waals surface area contributed by atoms with Crippen molar-refractivity contribution in [3.8, 4) is 11.5 Å². The molecule has 0 unspecified atom stereocenters. The number of benzene rings is 2. The molecule has 0 radical (unpaired) electrons. The number of anilines is 1. The van der Waals surface area contributed by atoms with Crippen LogP contribution in [0.5, 0.6) is 11.5 Å². The summed E-state index contributed by atoms with van der Waals surface area (Å²) in [7, 11) is 0. The molecule has 7 nitrogen and oxygen atoms in total. The van der Waals surface area contributed by atoms with Crippen molar-refractivity contribution >= 4 is 28.9 Å². The Morgan fingerprint density at radius 3 is 2.17 bits per heavy atom. The minimum absolute atomic E-state index is 0.179. The van der Waals surface area contributed by atoms with Crippen LogP contribution in [0.25, 0.3) is 0 Å². The van der Waals surface area contributed by atoms with Crippen LogP contribution in [-0.4, -0.2) is 50.7 Å². The van der Waals surface area contributed by atoms with Crippen LogP contribution in [0.15, 0.2) is 48.5 Å². The molecule has 0 aliphatic heterocycles. The molecule has 8 heteroatoms. The van der Waals surface area contributed by atoms with Gasteiger partial charge in [0.25, 0.3) is 5.91 Å². The average Bonchev–Trinajstić information content (AvgIpc) is 2.75. The lowest BCUT2D eigenvalue weighted by molar-refractivity contribution is 0.0977. The summed E-state index contributed by atoms with van der Waals surface area (Å²) in [6.07, 6.45) is 0. The van der Waals surface area contributed by atoms with Crippen LogP contribution in [0.1, 0.15) is 24.2 Å². The molecule has 2 aromatic rings. The van der Waals surface area contributed by atoms with Crippen LogP contribution in [0, 0.1) is 0 Å². The fourth-order valence-corrected chi connectivity index (χ4v) is 2.65. The fraction of sp³-hybridized carbons (Fsp3) is 0.364. The number of carbonyl (C=O) groups is 1. The van der Waals surface area contributed by atoms with Crippen molar-refractivity contribution in [2.75, 3.05) is 45.0 Å². The molecule has 30 heavy (non-hydrogen) atoms. The van der Waals surface area contributed by atoms with Gasteiger partial charge in [-0.25, -0.2) is 0 Å². The normalized spacial score (nSPS) is 10.3. The van der Waals surface area contributed by atoms with Gasteiger partial charge in [0.05, 0.1) is 18.9 Å². The molecule has 0 spiro atoms. The van der Waals surface area contributed by atoms with E-state index in [2.05, 4.69) is 10.6 Å². The highest BCUT2D eigenvalue weighted by molar-refractivity contribution is 7.80. The second-order valence-electron chi connectivity index (χ2n) is 6.02. The first-order valence-electron chi connectivity index (χ1n) is 9.86. The maximum Gasteiger partial charge on any atom is 0.257 e. The molecule has 0 heterocycles. The number of amides is 1. The van der Waals surface area contributed by atoms with Gasteiger partial charge in [-0.3, -0.25) is 10.1 Å². The van der Waals surface area contributed by atoms with Gasteiger partial charge in [0.15, 0.2) is 5.11 Å². The Hall–Kier alpha value is -2.68. The molecule has 0 aliphatic rings. The van der Waals surface area contributed by atoms with E-state index in [1.165, 1.54) is 0 Å². The maximum atomic E-state index is 12.4. The third-order valence-corrected chi connectivity index (χ3v) is 4.07. The molecule has 0 saturated heterocycles. The number of ether oxygens (including phenoxy) is 4. The molecule has 2 aromatic carbocycles. The van der Waals surface area contributed by atoms with Crippen LogP contribution in [0.4, 0.5) is 5.69 Å². The Morgan fingerprint density at radius 2 is 1.50 bits per heavy atom. The summed E-state index contributed by atoms with van der Waals surface area (Å²) in [6.45, 7) is 7.05. The molecule has 2 N–H and O–H groups in total. The zero-order valence-corrected chi connectivity index (χ0v) is 18.1. The molecule has 2 rings (SSSR count). The third-order valence-electron chi connectivity index (χ3n) is 3.87. The Labute approximate surface area is 182 Å². The lowest BCUT2D eigenvalue weighted by Gasteiger charge is -2.14. The summed E-state index contributed by atoms with van der Waals surface area (Å²) in [5.41, 5.74) is 1.13. The monoisotopic (exact) mass is 432 g/mol. The fourth-order valence-electron chi connectivity index (χ4n) is 2.44. The molecule has 0 fully saturated rings. The predicted octanol–water partition coefficient (Wildman–Crippen LogP) is 3.64. The smallest absolute Gasteiger partial charge is 0.257 e. The quantitative estimate of drug-likeness (QED) is 0.392. The Kier molecular flexibility index (Phi) is 10.6. The highest BCUT2D eigenvalue weighted by Gasteiger charge is 2.10. The van der Waals surface area contributed by atoms with E-state index in [4.69, 9.17) is 31.2 Å². The Morgan fingerprint density at radius 1 is 0.867 bits per heavy atom. The molecule has 0 aromatic heterocycles. The van der Waals surface area contributed by atoms with Crippen LogP contribution in [0.2, 0.25) is 0 Å². The summed E-state index contributed by atoms with van der Waals surface area (Å²) in [5.74, 6) is 0.982. The number of thiocarbonyl (C=S) groups is 1. The Balaban J connectivity index is 1.85. The summed E-state index contributed by atoms with van der Waals surface area (Å²) >= 11 is 5.27. The summed E-state index contributed by atoms with van der Waals surface area (Å²) in [4.78, 5) is 12.4. The van der Waals surface area contributed by atoms with Crippen LogP contribution >= 0.6 is 12.2 Å². The number of rotatable bonds is 12. The number of nitrogens with one attached hydrogen (secondary N) is 2. The second-order valence-corrected chi connectivity index (χ2v) is 6.43. The van der Waals surface area contributed by atoms with Crippen molar-refractivity contribution < 1.29 is 23.7 Å². The first-order valence-corrected chi connectivity index (χ1v) is 10.3. The van der Waals surface area contributed by atoms with Crippen molar-refractivity contribution in [2.45, 2.75) is 13.8 Å². The summed E-state index contributed by atoms with van der Waals surface area (Å²) < 4.78 is 21.8. The van der Waals surface area contributed by atoms with Crippen molar-refractivity contribution in [3.05, 3.63) is 54.1 Å². The van der Waals surface area contributed by atoms with Gasteiger partial charge < -0.3 is 24.3 Å². The lowest BCUT2D eigenvalue weighted by Crippen LogP contribution is -2.34. The topological polar surface area (TPSA) is 78.1 Å². The Bertz CT molecular complexity index is 798. The predicted molar refractivity (Wildman–Crippen MR) is 121 cm³/mol. The van der Waals surface area contributed by atoms with Crippen molar-refractivity contribution in [3.63, 3.8) is 0 Å². The SMILES string of the molecule is CCOCCOc1ccc(C(=O)NC(=S)Nc2ccccc2OCCOCC)cc1. The lowest BCUT2D eigenvalue weighted by atomic mass is 10.2. The molecule has 162 valence electrons. The van der Waals surface area contributed by atoms with Crippen molar-refractivity contribution in [2.24, 2.45) is 0 Å². The van der Waals surface area contributed by atoms with E-state index in [1.54, 1.807) is 24.3 Å². The van der Waals surface area contributed by atoms with E-state index in [9.17, 15) is 4.79 Å². The van der Waals surface area contributed by atoms with Crippen LogP contribution < -0.4 is 20.1 Å². The van der Waals surface area contributed by atoms with E-state index < -0.39 is 0 Å². The van der Waals surface area contributed by atoms with Crippen LogP contribution in [-0.2, 0) is 9.47 Å². The molecule has 0 atom stereocenters. The molecular formula is C22H28N2O5S. The minimum atomic E-state index is -0.317. The van der Waals surface area contributed by atoms with Gasteiger partial charge in [-0.05, 0) is 62.5 Å². The van der Waals surface area contributed by atoms with E-state index in [-0.39, 0.29) is 11.0 Å². The third kappa shape index (κ3) is 8.36. The van der Waals surface area contributed by atoms with Gasteiger partial charge in [-0.1, -0.05) is 12.1 Å². The maximum absolute atomic E-state index is 12.4. The van der Waals surface area contributed by atoms with Gasteiger partial charge >= 0.3 is 0 Å². The van der Waals surface area contributed by atoms with E-state index in [0.717, 1.165) is 0 Å². The second kappa shape index (κ2) is 13.5. The van der Waals surface area contributed by atoms with Crippen LogP contribution in [0.3, 0.4) is 0 Å². The molecular weight excluding hydrogens is 404 g/mol. The van der Waals surface area contributed by atoms with E-state index in [0.29, 0.717) is 62.4 Å². The molecule has 0 bridgehead atoms. The van der Waals surface area contributed by atoms with Gasteiger partial charge in [-0.2, -0.15) is 0 Å². The summed E-state index contributed by atoms with van der Waals surface area (Å²) in [5, 5.41) is 5.85. The zero-order valence-electron chi connectivity index (χ0n) is 17.3. The first-order chi connectivity index (χ1) is 14.6. The largest absolute Gasteiger partial charge is 0.491 e. The minimum Gasteiger partial charge on any atom is -0.491 e. The van der Waals surface area contributed by atoms with Gasteiger partial charge in [0.1, 0.15) is 24.7 Å². The number of hydrogen-bond acceptors (Lipinski definition) is 6. The van der Waals surface area contributed by atoms with Gasteiger partial charge in [0, 0.05) is 18.8 Å². The zero-order chi connectivity index (χ0) is 21.6. The van der Waals surface area contributed by atoms with E-state index in [1.807, 2.05) is 38.1 Å². The summed E-state index contributed by atoms with van der Waals surface area (Å²) in [6, 6.07) is 14.2. The average molecular weight is 433 g/mol. The van der Waals surface area contributed by atoms with Gasteiger partial charge in [-0.15, -0.1) is 0 Å². The molecule has 0 aliphatic carbocycles.